The van der Waals surface area contributed by atoms with Crippen molar-refractivity contribution in [2.45, 2.75) is 44.4 Å². The first kappa shape index (κ1) is 12.7. The molecule has 1 saturated carbocycles. The molecule has 3 rings (SSSR count). The van der Waals surface area contributed by atoms with Crippen LogP contribution in [-0.2, 0) is 4.79 Å². The number of hydrogen-bond donors (Lipinski definition) is 3. The average Bonchev–Trinajstić information content (AvgIpc) is 3.11. The summed E-state index contributed by atoms with van der Waals surface area (Å²) in [6.07, 6.45) is 8.51. The molecule has 2 aliphatic rings. The third kappa shape index (κ3) is 2.81. The Kier molecular flexibility index (Phi) is 3.82. The topological polar surface area (TPSA) is 69.8 Å². The summed E-state index contributed by atoms with van der Waals surface area (Å²) >= 11 is 0. The van der Waals surface area contributed by atoms with Crippen LogP contribution in [0.2, 0.25) is 0 Å². The summed E-state index contributed by atoms with van der Waals surface area (Å²) in [6.45, 7) is 2.06. The summed E-state index contributed by atoms with van der Waals surface area (Å²) < 4.78 is 0. The van der Waals surface area contributed by atoms with Crippen molar-refractivity contribution in [2.24, 2.45) is 5.92 Å². The highest BCUT2D eigenvalue weighted by atomic mass is 16.1. The minimum atomic E-state index is 0.170. The van der Waals surface area contributed by atoms with Gasteiger partial charge in [-0.1, -0.05) is 12.8 Å². The second-order valence-corrected chi connectivity index (χ2v) is 5.71. The van der Waals surface area contributed by atoms with Crippen LogP contribution in [0.5, 0.6) is 0 Å². The number of hydrogen-bond acceptors (Lipinski definition) is 3. The van der Waals surface area contributed by atoms with Gasteiger partial charge in [-0.05, 0) is 32.2 Å². The molecule has 0 spiro atoms. The Morgan fingerprint density at radius 1 is 1.26 bits per heavy atom. The number of aromatic nitrogens is 2. The Morgan fingerprint density at radius 2 is 2.11 bits per heavy atom. The van der Waals surface area contributed by atoms with E-state index in [0.717, 1.165) is 43.7 Å². The number of H-pyrrole nitrogens is 1. The molecule has 5 heteroatoms. The number of rotatable bonds is 3. The second kappa shape index (κ2) is 5.74. The summed E-state index contributed by atoms with van der Waals surface area (Å²) in [5.74, 6) is 0.811. The Labute approximate surface area is 113 Å². The van der Waals surface area contributed by atoms with Gasteiger partial charge in [-0.15, -0.1) is 0 Å². The van der Waals surface area contributed by atoms with Crippen LogP contribution in [0.25, 0.3) is 0 Å². The molecule has 0 aromatic carbocycles. The number of carbonyl (C=O) groups is 1. The quantitative estimate of drug-likeness (QED) is 0.780. The third-order valence-corrected chi connectivity index (χ3v) is 4.36. The molecule has 1 aliphatic carbocycles. The first-order valence-electron chi connectivity index (χ1n) is 7.39. The summed E-state index contributed by atoms with van der Waals surface area (Å²) in [6, 6.07) is 0. The molecule has 0 radical (unpaired) electrons. The van der Waals surface area contributed by atoms with Gasteiger partial charge in [0, 0.05) is 18.4 Å². The number of piperidine rings is 1. The molecule has 1 aromatic rings. The summed E-state index contributed by atoms with van der Waals surface area (Å²) in [5.41, 5.74) is 1.96. The zero-order chi connectivity index (χ0) is 13.1. The van der Waals surface area contributed by atoms with Crippen LogP contribution in [0.1, 0.15) is 50.1 Å². The van der Waals surface area contributed by atoms with Crippen molar-refractivity contribution in [1.82, 2.24) is 15.5 Å². The van der Waals surface area contributed by atoms with E-state index in [2.05, 4.69) is 20.8 Å². The number of aromatic amines is 1. The first-order valence-corrected chi connectivity index (χ1v) is 7.39. The maximum Gasteiger partial charge on any atom is 0.227 e. The van der Waals surface area contributed by atoms with E-state index in [1.165, 1.54) is 19.3 Å². The van der Waals surface area contributed by atoms with E-state index < -0.39 is 0 Å². The average molecular weight is 262 g/mol. The first-order chi connectivity index (χ1) is 9.34. The van der Waals surface area contributed by atoms with E-state index in [4.69, 9.17) is 0 Å². The van der Waals surface area contributed by atoms with E-state index in [9.17, 15) is 4.79 Å². The molecule has 2 heterocycles. The summed E-state index contributed by atoms with van der Waals surface area (Å²) in [5, 5.41) is 13.6. The summed E-state index contributed by atoms with van der Waals surface area (Å²) in [7, 11) is 0. The van der Waals surface area contributed by atoms with Crippen LogP contribution in [0.3, 0.4) is 0 Å². The maximum absolute atomic E-state index is 12.2. The molecular formula is C14H22N4O. The molecule has 1 amide bonds. The SMILES string of the molecule is O=C(Nc1cn[nH]c1[C@@H]1CCCNC1)C1CCCC1. The number of nitrogens with one attached hydrogen (secondary N) is 3. The molecule has 2 fully saturated rings. The van der Waals surface area contributed by atoms with E-state index in [1.807, 2.05) is 0 Å². The van der Waals surface area contributed by atoms with Gasteiger partial charge in [0.05, 0.1) is 17.6 Å². The monoisotopic (exact) mass is 262 g/mol. The Morgan fingerprint density at radius 3 is 2.84 bits per heavy atom. The fourth-order valence-electron chi connectivity index (χ4n) is 3.23. The third-order valence-electron chi connectivity index (χ3n) is 4.36. The lowest BCUT2D eigenvalue weighted by Gasteiger charge is -2.23. The zero-order valence-corrected chi connectivity index (χ0v) is 11.2. The summed E-state index contributed by atoms with van der Waals surface area (Å²) in [4.78, 5) is 12.2. The standard InChI is InChI=1S/C14H22N4O/c19-14(10-4-1-2-5-10)17-12-9-16-18-13(12)11-6-3-7-15-8-11/h9-11,15H,1-8H2,(H,16,18)(H,17,19)/t11-/m1/s1. The second-order valence-electron chi connectivity index (χ2n) is 5.71. The molecular weight excluding hydrogens is 240 g/mol. The highest BCUT2D eigenvalue weighted by Crippen LogP contribution is 2.30. The van der Waals surface area contributed by atoms with Gasteiger partial charge in [-0.25, -0.2) is 0 Å². The van der Waals surface area contributed by atoms with Gasteiger partial charge in [0.2, 0.25) is 5.91 Å². The van der Waals surface area contributed by atoms with Gasteiger partial charge in [0.15, 0.2) is 0 Å². The zero-order valence-electron chi connectivity index (χ0n) is 11.2. The van der Waals surface area contributed by atoms with Gasteiger partial charge in [-0.3, -0.25) is 9.89 Å². The number of amides is 1. The highest BCUT2D eigenvalue weighted by molar-refractivity contribution is 5.93. The van der Waals surface area contributed by atoms with Crippen molar-refractivity contribution in [3.05, 3.63) is 11.9 Å². The van der Waals surface area contributed by atoms with Crippen LogP contribution < -0.4 is 10.6 Å². The van der Waals surface area contributed by atoms with E-state index in [1.54, 1.807) is 6.20 Å². The fraction of sp³-hybridized carbons (Fsp3) is 0.714. The Bertz CT molecular complexity index is 430. The predicted octanol–water partition coefficient (Wildman–Crippen LogP) is 2.01. The molecule has 3 N–H and O–H groups in total. The molecule has 1 saturated heterocycles. The van der Waals surface area contributed by atoms with Crippen molar-refractivity contribution in [1.29, 1.82) is 0 Å². The van der Waals surface area contributed by atoms with E-state index >= 15 is 0 Å². The lowest BCUT2D eigenvalue weighted by Crippen LogP contribution is -2.29. The van der Waals surface area contributed by atoms with Crippen LogP contribution in [-0.4, -0.2) is 29.2 Å². The van der Waals surface area contributed by atoms with Crippen molar-refractivity contribution in [3.8, 4) is 0 Å². The molecule has 19 heavy (non-hydrogen) atoms. The van der Waals surface area contributed by atoms with Gasteiger partial charge in [0.1, 0.15) is 0 Å². The Balaban J connectivity index is 1.67. The van der Waals surface area contributed by atoms with Crippen molar-refractivity contribution >= 4 is 11.6 Å². The van der Waals surface area contributed by atoms with E-state index in [0.29, 0.717) is 5.92 Å². The Hall–Kier alpha value is -1.36. The molecule has 1 aliphatic heterocycles. The lowest BCUT2D eigenvalue weighted by atomic mass is 9.95. The minimum Gasteiger partial charge on any atom is -0.323 e. The van der Waals surface area contributed by atoms with Gasteiger partial charge >= 0.3 is 0 Å². The predicted molar refractivity (Wildman–Crippen MR) is 74.0 cm³/mol. The molecule has 104 valence electrons. The number of anilines is 1. The van der Waals surface area contributed by atoms with Crippen molar-refractivity contribution < 1.29 is 4.79 Å². The van der Waals surface area contributed by atoms with Gasteiger partial charge in [-0.2, -0.15) is 5.10 Å². The molecule has 5 nitrogen and oxygen atoms in total. The molecule has 1 aromatic heterocycles. The van der Waals surface area contributed by atoms with Crippen LogP contribution in [0.4, 0.5) is 5.69 Å². The number of nitrogens with zero attached hydrogens (tertiary/aromatic N) is 1. The van der Waals surface area contributed by atoms with Gasteiger partial charge in [0.25, 0.3) is 0 Å². The molecule has 1 atom stereocenters. The van der Waals surface area contributed by atoms with Crippen LogP contribution >= 0.6 is 0 Å². The minimum absolute atomic E-state index is 0.170. The number of carbonyl (C=O) groups excluding carboxylic acids is 1. The normalized spacial score (nSPS) is 24.5. The fourth-order valence-corrected chi connectivity index (χ4v) is 3.23. The van der Waals surface area contributed by atoms with Crippen LogP contribution in [0.15, 0.2) is 6.20 Å². The lowest BCUT2D eigenvalue weighted by molar-refractivity contribution is -0.119. The molecule has 0 bridgehead atoms. The largest absolute Gasteiger partial charge is 0.323 e. The van der Waals surface area contributed by atoms with Gasteiger partial charge < -0.3 is 10.6 Å². The molecule has 0 unspecified atom stereocenters. The smallest absolute Gasteiger partial charge is 0.227 e. The maximum atomic E-state index is 12.2. The van der Waals surface area contributed by atoms with Crippen molar-refractivity contribution in [2.75, 3.05) is 18.4 Å². The van der Waals surface area contributed by atoms with Crippen molar-refractivity contribution in [3.63, 3.8) is 0 Å². The highest BCUT2D eigenvalue weighted by Gasteiger charge is 2.25. The van der Waals surface area contributed by atoms with Crippen LogP contribution in [0, 0.1) is 5.92 Å². The van der Waals surface area contributed by atoms with E-state index in [-0.39, 0.29) is 11.8 Å².